The third-order valence-electron chi connectivity index (χ3n) is 0.711. The van der Waals surface area contributed by atoms with E-state index in [0.29, 0.717) is 0 Å². The van der Waals surface area contributed by atoms with Gasteiger partial charge in [-0.1, -0.05) is 0 Å². The Morgan fingerprint density at radius 2 is 2.38 bits per heavy atom. The summed E-state index contributed by atoms with van der Waals surface area (Å²) in [5, 5.41) is 0. The standard InChI is InChI=1S/C4H3N2.H2N.Sn/c1-2-6-4-3-5-1;;/h1-3H;1H2;/q;-1;+1. The van der Waals surface area contributed by atoms with Crippen LogP contribution in [0.15, 0.2) is 18.6 Å². The monoisotopic (exact) mass is 215 g/mol. The molecule has 3 nitrogen and oxygen atoms in total. The second-order valence-corrected chi connectivity index (χ2v) is 3.52. The van der Waals surface area contributed by atoms with Gasteiger partial charge in [-0.15, -0.1) is 0 Å². The molecule has 0 fully saturated rings. The minimum absolute atomic E-state index is 0.817. The van der Waals surface area contributed by atoms with E-state index in [-0.39, 0.29) is 0 Å². The Morgan fingerprint density at radius 1 is 1.50 bits per heavy atom. The molecule has 0 saturated carbocycles. The fourth-order valence-corrected chi connectivity index (χ4v) is 1.22. The molecule has 0 saturated heterocycles. The van der Waals surface area contributed by atoms with E-state index in [1.807, 2.05) is 0 Å². The zero-order chi connectivity index (χ0) is 5.82. The van der Waals surface area contributed by atoms with Crippen molar-refractivity contribution in [3.8, 4) is 0 Å². The summed E-state index contributed by atoms with van der Waals surface area (Å²) in [6.45, 7) is 0. The molecular formula is C4H5N3Sn. The first kappa shape index (κ1) is 5.97. The molecule has 0 aromatic carbocycles. The van der Waals surface area contributed by atoms with E-state index in [0.717, 1.165) is 3.71 Å². The van der Waals surface area contributed by atoms with Crippen LogP contribution in [0.25, 0.3) is 0 Å². The van der Waals surface area contributed by atoms with E-state index in [1.54, 1.807) is 18.6 Å². The normalized spacial score (nSPS) is 9.12. The molecule has 0 aliphatic rings. The molecular weight excluding hydrogens is 209 g/mol. The van der Waals surface area contributed by atoms with Crippen molar-refractivity contribution in [3.63, 3.8) is 0 Å². The first-order chi connectivity index (χ1) is 3.93. The SMILES string of the molecule is [NH2][Sn][c]1cnccn1. The number of hydrogen-bond acceptors (Lipinski definition) is 3. The average molecular weight is 214 g/mol. The van der Waals surface area contributed by atoms with Gasteiger partial charge in [-0.2, -0.15) is 0 Å². The van der Waals surface area contributed by atoms with Gasteiger partial charge in [0.15, 0.2) is 0 Å². The van der Waals surface area contributed by atoms with Crippen molar-refractivity contribution in [2.24, 2.45) is 3.96 Å². The van der Waals surface area contributed by atoms with Gasteiger partial charge >= 0.3 is 57.6 Å². The van der Waals surface area contributed by atoms with Gasteiger partial charge in [-0.25, -0.2) is 0 Å². The van der Waals surface area contributed by atoms with Gasteiger partial charge in [0.1, 0.15) is 0 Å². The van der Waals surface area contributed by atoms with Crippen LogP contribution in [0.5, 0.6) is 0 Å². The van der Waals surface area contributed by atoms with Crippen molar-refractivity contribution < 1.29 is 0 Å². The molecule has 8 heavy (non-hydrogen) atoms. The zero-order valence-corrected chi connectivity index (χ0v) is 7.06. The van der Waals surface area contributed by atoms with Crippen LogP contribution in [-0.4, -0.2) is 31.4 Å². The molecule has 4 heteroatoms. The second kappa shape index (κ2) is 2.98. The molecule has 0 aliphatic heterocycles. The summed E-state index contributed by atoms with van der Waals surface area (Å²) in [6.07, 6.45) is 5.05. The van der Waals surface area contributed by atoms with Crippen LogP contribution in [0.4, 0.5) is 0 Å². The number of aromatic nitrogens is 2. The van der Waals surface area contributed by atoms with Gasteiger partial charge in [0, 0.05) is 0 Å². The van der Waals surface area contributed by atoms with Gasteiger partial charge in [-0.3, -0.25) is 0 Å². The van der Waals surface area contributed by atoms with E-state index in [1.165, 1.54) is 0 Å². The fourth-order valence-electron chi connectivity index (χ4n) is 0.374. The minimum atomic E-state index is -0.817. The van der Waals surface area contributed by atoms with Gasteiger partial charge in [0.25, 0.3) is 0 Å². The molecule has 0 atom stereocenters. The molecule has 40 valence electrons. The molecule has 0 amide bonds. The van der Waals surface area contributed by atoms with Gasteiger partial charge < -0.3 is 0 Å². The number of rotatable bonds is 1. The third-order valence-corrected chi connectivity index (χ3v) is 2.29. The van der Waals surface area contributed by atoms with Crippen LogP contribution in [0.3, 0.4) is 0 Å². The van der Waals surface area contributed by atoms with Crippen molar-refractivity contribution in [3.05, 3.63) is 18.6 Å². The maximum absolute atomic E-state index is 5.42. The molecule has 0 aliphatic carbocycles. The van der Waals surface area contributed by atoms with E-state index in [2.05, 4.69) is 9.97 Å². The van der Waals surface area contributed by atoms with E-state index < -0.39 is 21.4 Å². The molecule has 2 N–H and O–H groups in total. The average Bonchev–Trinajstić information content (AvgIpc) is 1.90. The molecule has 0 spiro atoms. The van der Waals surface area contributed by atoms with Crippen molar-refractivity contribution in [2.45, 2.75) is 0 Å². The molecule has 1 aromatic rings. The molecule has 2 radical (unpaired) electrons. The van der Waals surface area contributed by atoms with E-state index >= 15 is 0 Å². The molecule has 1 heterocycles. The Hall–Kier alpha value is -0.161. The second-order valence-electron chi connectivity index (χ2n) is 1.23. The zero-order valence-electron chi connectivity index (χ0n) is 4.20. The van der Waals surface area contributed by atoms with Gasteiger partial charge in [-0.05, 0) is 0 Å². The Bertz CT molecular complexity index is 153. The summed E-state index contributed by atoms with van der Waals surface area (Å²) in [5.41, 5.74) is 0. The molecule has 1 rings (SSSR count). The molecule has 1 aromatic heterocycles. The Balaban J connectivity index is 2.83. The Labute approximate surface area is 57.9 Å². The summed E-state index contributed by atoms with van der Waals surface area (Å²) >= 11 is -0.817. The predicted molar refractivity (Wildman–Crippen MR) is 31.6 cm³/mol. The van der Waals surface area contributed by atoms with E-state index in [4.69, 9.17) is 3.96 Å². The molecule has 0 bridgehead atoms. The first-order valence-electron chi connectivity index (χ1n) is 2.16. The van der Waals surface area contributed by atoms with E-state index in [9.17, 15) is 0 Å². The van der Waals surface area contributed by atoms with Gasteiger partial charge in [0.05, 0.1) is 0 Å². The Kier molecular flexibility index (Phi) is 2.23. The topological polar surface area (TPSA) is 51.8 Å². The summed E-state index contributed by atoms with van der Waals surface area (Å²) in [6, 6.07) is 0. The first-order valence-corrected chi connectivity index (χ1v) is 5.23. The number of nitrogens with zero attached hydrogens (tertiary/aromatic N) is 2. The van der Waals surface area contributed by atoms with Crippen molar-refractivity contribution in [2.75, 3.05) is 0 Å². The Morgan fingerprint density at radius 3 is 2.75 bits per heavy atom. The molecule has 0 unspecified atom stereocenters. The maximum atomic E-state index is 5.42. The van der Waals surface area contributed by atoms with Gasteiger partial charge in [0.2, 0.25) is 0 Å². The predicted octanol–water partition coefficient (Wildman–Crippen LogP) is -1.32. The van der Waals surface area contributed by atoms with Crippen LogP contribution >= 0.6 is 0 Å². The van der Waals surface area contributed by atoms with Crippen LogP contribution in [0.1, 0.15) is 0 Å². The van der Waals surface area contributed by atoms with Crippen molar-refractivity contribution >= 4 is 25.1 Å². The quantitative estimate of drug-likeness (QED) is 0.589. The van der Waals surface area contributed by atoms with Crippen molar-refractivity contribution in [1.29, 1.82) is 0 Å². The summed E-state index contributed by atoms with van der Waals surface area (Å²) in [7, 11) is 0. The summed E-state index contributed by atoms with van der Waals surface area (Å²) in [4.78, 5) is 7.84. The number of nitrogens with two attached hydrogens (primary N) is 1. The summed E-state index contributed by atoms with van der Waals surface area (Å²) in [5.74, 6) is 0. The third kappa shape index (κ3) is 1.41. The summed E-state index contributed by atoms with van der Waals surface area (Å²) < 4.78 is 6.41. The fraction of sp³-hybridized carbons (Fsp3) is 0. The van der Waals surface area contributed by atoms with Crippen LogP contribution in [-0.2, 0) is 0 Å². The van der Waals surface area contributed by atoms with Crippen molar-refractivity contribution in [1.82, 2.24) is 9.97 Å². The number of hydrogen-bond donors (Lipinski definition) is 1. The van der Waals surface area contributed by atoms with Crippen LogP contribution < -0.4 is 7.67 Å². The van der Waals surface area contributed by atoms with Crippen LogP contribution in [0.2, 0.25) is 0 Å². The van der Waals surface area contributed by atoms with Crippen LogP contribution in [0, 0.1) is 0 Å².